The molecule has 1 atom stereocenters. The van der Waals surface area contributed by atoms with E-state index in [1.54, 1.807) is 14.1 Å². The third kappa shape index (κ3) is 6.80. The highest BCUT2D eigenvalue weighted by Gasteiger charge is 2.20. The Hall–Kier alpha value is -1.30. The van der Waals surface area contributed by atoms with Crippen molar-refractivity contribution >= 4 is 11.9 Å². The molecule has 0 bridgehead atoms. The average molecular weight is 298 g/mol. The molecular formula is C15H30N4O2. The Morgan fingerprint density at radius 1 is 1.24 bits per heavy atom. The van der Waals surface area contributed by atoms with Gasteiger partial charge in [0.05, 0.1) is 0 Å². The van der Waals surface area contributed by atoms with Crippen molar-refractivity contribution in [3.8, 4) is 0 Å². The molecule has 0 aromatic carbocycles. The normalized spacial score (nSPS) is 18.1. The van der Waals surface area contributed by atoms with Gasteiger partial charge in [-0.3, -0.25) is 9.69 Å². The van der Waals surface area contributed by atoms with E-state index in [0.29, 0.717) is 25.6 Å². The van der Waals surface area contributed by atoms with Crippen LogP contribution in [0, 0.1) is 5.92 Å². The summed E-state index contributed by atoms with van der Waals surface area (Å²) in [6.45, 7) is 7.68. The van der Waals surface area contributed by atoms with Crippen molar-refractivity contribution in [3.05, 3.63) is 0 Å². The minimum Gasteiger partial charge on any atom is -0.349 e. The first-order valence-electron chi connectivity index (χ1n) is 7.86. The smallest absolute Gasteiger partial charge is 0.314 e. The van der Waals surface area contributed by atoms with E-state index in [9.17, 15) is 9.59 Å². The molecule has 21 heavy (non-hydrogen) atoms. The molecule has 0 aromatic rings. The van der Waals surface area contributed by atoms with Crippen LogP contribution in [0.15, 0.2) is 0 Å². The fourth-order valence-corrected chi connectivity index (χ4v) is 2.41. The molecule has 6 heteroatoms. The lowest BCUT2D eigenvalue weighted by atomic mass is 9.98. The van der Waals surface area contributed by atoms with Crippen LogP contribution < -0.4 is 10.6 Å². The Labute approximate surface area is 128 Å². The molecular weight excluding hydrogens is 268 g/mol. The van der Waals surface area contributed by atoms with E-state index in [4.69, 9.17) is 0 Å². The zero-order valence-electron chi connectivity index (χ0n) is 13.8. The molecule has 2 N–H and O–H groups in total. The Kier molecular flexibility index (Phi) is 7.50. The molecule has 0 aliphatic carbocycles. The minimum atomic E-state index is -0.196. The number of rotatable bonds is 6. The molecule has 3 amide bonds. The predicted octanol–water partition coefficient (Wildman–Crippen LogP) is 0.884. The highest BCUT2D eigenvalue weighted by Crippen LogP contribution is 2.17. The van der Waals surface area contributed by atoms with E-state index in [-0.39, 0.29) is 11.9 Å². The topological polar surface area (TPSA) is 64.7 Å². The number of carbonyl (C=O) groups excluding carboxylic acids is 2. The summed E-state index contributed by atoms with van der Waals surface area (Å²) in [5, 5.41) is 5.60. The molecule has 0 aromatic heterocycles. The molecule has 0 saturated carbocycles. The van der Waals surface area contributed by atoms with Crippen LogP contribution in [0.25, 0.3) is 0 Å². The van der Waals surface area contributed by atoms with E-state index < -0.39 is 0 Å². The summed E-state index contributed by atoms with van der Waals surface area (Å²) in [7, 11) is 3.42. The van der Waals surface area contributed by atoms with Gasteiger partial charge in [-0.05, 0) is 38.8 Å². The summed E-state index contributed by atoms with van der Waals surface area (Å²) >= 11 is 0. The Balaban J connectivity index is 2.13. The zero-order chi connectivity index (χ0) is 15.8. The van der Waals surface area contributed by atoms with Crippen molar-refractivity contribution in [2.24, 2.45) is 5.92 Å². The first-order valence-corrected chi connectivity index (χ1v) is 7.86. The van der Waals surface area contributed by atoms with Crippen LogP contribution in [0.1, 0.15) is 33.1 Å². The van der Waals surface area contributed by atoms with Crippen molar-refractivity contribution < 1.29 is 9.59 Å². The number of urea groups is 1. The second kappa shape index (κ2) is 8.87. The van der Waals surface area contributed by atoms with Gasteiger partial charge in [-0.1, -0.05) is 6.92 Å². The number of nitrogens with one attached hydrogen (secondary N) is 2. The largest absolute Gasteiger partial charge is 0.349 e. The lowest BCUT2D eigenvalue weighted by Crippen LogP contribution is -2.47. The summed E-state index contributed by atoms with van der Waals surface area (Å²) in [5.41, 5.74) is 0. The number of carbonyl (C=O) groups is 2. The molecule has 1 saturated heterocycles. The Morgan fingerprint density at radius 2 is 1.86 bits per heavy atom. The van der Waals surface area contributed by atoms with Crippen LogP contribution in [0.4, 0.5) is 4.79 Å². The third-order valence-electron chi connectivity index (χ3n) is 4.12. The van der Waals surface area contributed by atoms with Gasteiger partial charge in [0.15, 0.2) is 0 Å². The van der Waals surface area contributed by atoms with Crippen molar-refractivity contribution in [2.45, 2.75) is 39.2 Å². The van der Waals surface area contributed by atoms with Gasteiger partial charge >= 0.3 is 6.03 Å². The molecule has 0 spiro atoms. The molecule has 1 aliphatic heterocycles. The van der Waals surface area contributed by atoms with Gasteiger partial charge in [0.1, 0.15) is 0 Å². The number of piperidine rings is 1. The molecule has 1 aliphatic rings. The predicted molar refractivity (Wildman–Crippen MR) is 84.1 cm³/mol. The van der Waals surface area contributed by atoms with Gasteiger partial charge in [0.25, 0.3) is 0 Å². The molecule has 122 valence electrons. The molecule has 1 fully saturated rings. The van der Waals surface area contributed by atoms with Gasteiger partial charge in [-0.2, -0.15) is 0 Å². The monoisotopic (exact) mass is 298 g/mol. The Bertz CT molecular complexity index is 339. The third-order valence-corrected chi connectivity index (χ3v) is 4.12. The van der Waals surface area contributed by atoms with Gasteiger partial charge in [0, 0.05) is 39.6 Å². The summed E-state index contributed by atoms with van der Waals surface area (Å²) in [5.74, 6) is 0.838. The van der Waals surface area contributed by atoms with Crippen LogP contribution in [0.3, 0.4) is 0 Å². The van der Waals surface area contributed by atoms with Crippen LogP contribution in [-0.4, -0.2) is 68.1 Å². The van der Waals surface area contributed by atoms with Crippen molar-refractivity contribution in [1.29, 1.82) is 0 Å². The number of hydrogen-bond donors (Lipinski definition) is 2. The Morgan fingerprint density at radius 3 is 2.43 bits per heavy atom. The maximum Gasteiger partial charge on any atom is 0.314 e. The molecule has 1 rings (SSSR count). The van der Waals surface area contributed by atoms with Crippen LogP contribution in [0.2, 0.25) is 0 Å². The lowest BCUT2D eigenvalue weighted by molar-refractivity contribution is -0.128. The van der Waals surface area contributed by atoms with Crippen LogP contribution in [-0.2, 0) is 4.79 Å². The fraction of sp³-hybridized carbons (Fsp3) is 0.867. The standard InChI is InChI=1S/C15H30N4O2/c1-12-6-9-19(10-7-12)13(2)11-17-15(21)16-8-5-14(20)18(3)4/h12-13H,5-11H2,1-4H3,(H2,16,17,21). The second-order valence-electron chi connectivity index (χ2n) is 6.24. The highest BCUT2D eigenvalue weighted by molar-refractivity contribution is 5.77. The highest BCUT2D eigenvalue weighted by atomic mass is 16.2. The molecule has 0 radical (unpaired) electrons. The van der Waals surface area contributed by atoms with E-state index >= 15 is 0 Å². The van der Waals surface area contributed by atoms with E-state index in [1.165, 1.54) is 17.7 Å². The molecule has 6 nitrogen and oxygen atoms in total. The molecule has 1 unspecified atom stereocenters. The number of likely N-dealkylation sites (tertiary alicyclic amines) is 1. The maximum atomic E-state index is 11.7. The SMILES string of the molecule is CC1CCN(C(C)CNC(=O)NCCC(=O)N(C)C)CC1. The summed E-state index contributed by atoms with van der Waals surface area (Å²) < 4.78 is 0. The number of hydrogen-bond acceptors (Lipinski definition) is 3. The second-order valence-corrected chi connectivity index (χ2v) is 6.24. The average Bonchev–Trinajstić information content (AvgIpc) is 2.45. The van der Waals surface area contributed by atoms with E-state index in [2.05, 4.69) is 29.4 Å². The van der Waals surface area contributed by atoms with Gasteiger partial charge < -0.3 is 15.5 Å². The van der Waals surface area contributed by atoms with Crippen molar-refractivity contribution in [1.82, 2.24) is 20.4 Å². The lowest BCUT2D eigenvalue weighted by Gasteiger charge is -2.34. The summed E-state index contributed by atoms with van der Waals surface area (Å²) in [4.78, 5) is 27.0. The number of amides is 3. The maximum absolute atomic E-state index is 11.7. The molecule has 1 heterocycles. The van der Waals surface area contributed by atoms with Gasteiger partial charge in [-0.25, -0.2) is 4.79 Å². The quantitative estimate of drug-likeness (QED) is 0.765. The summed E-state index contributed by atoms with van der Waals surface area (Å²) in [6, 6.07) is 0.158. The van der Waals surface area contributed by atoms with Gasteiger partial charge in [-0.15, -0.1) is 0 Å². The van der Waals surface area contributed by atoms with E-state index in [0.717, 1.165) is 19.0 Å². The van der Waals surface area contributed by atoms with Crippen LogP contribution >= 0.6 is 0 Å². The number of nitrogens with zero attached hydrogens (tertiary/aromatic N) is 2. The zero-order valence-corrected chi connectivity index (χ0v) is 13.8. The van der Waals surface area contributed by atoms with E-state index in [1.807, 2.05) is 0 Å². The van der Waals surface area contributed by atoms with Crippen molar-refractivity contribution in [3.63, 3.8) is 0 Å². The van der Waals surface area contributed by atoms with Gasteiger partial charge in [0.2, 0.25) is 5.91 Å². The summed E-state index contributed by atoms with van der Waals surface area (Å²) in [6.07, 6.45) is 2.81. The minimum absolute atomic E-state index is 0.0195. The van der Waals surface area contributed by atoms with Crippen molar-refractivity contribution in [2.75, 3.05) is 40.3 Å². The van der Waals surface area contributed by atoms with Crippen LogP contribution in [0.5, 0.6) is 0 Å². The first-order chi connectivity index (χ1) is 9.90. The first kappa shape index (κ1) is 17.8. The fourth-order valence-electron chi connectivity index (χ4n) is 2.41.